The van der Waals surface area contributed by atoms with Crippen LogP contribution in [-0.2, 0) is 0 Å². The Bertz CT molecular complexity index is 613. The highest BCUT2D eigenvalue weighted by atomic mass is 35.5. The number of aromatic amines is 1. The average Bonchev–Trinajstić information content (AvgIpc) is 2.88. The van der Waals surface area contributed by atoms with Gasteiger partial charge in [-0.05, 0) is 25.1 Å². The lowest BCUT2D eigenvalue weighted by molar-refractivity contribution is 0.480. The summed E-state index contributed by atoms with van der Waals surface area (Å²) in [6, 6.07) is 5.77. The Kier molecular flexibility index (Phi) is 3.83. The number of anilines is 1. The topological polar surface area (TPSA) is 56.8 Å². The molecule has 0 radical (unpaired) electrons. The normalized spacial score (nSPS) is 19.4. The van der Waals surface area contributed by atoms with Crippen molar-refractivity contribution in [2.45, 2.75) is 13.0 Å². The second kappa shape index (κ2) is 5.60. The fourth-order valence-electron chi connectivity index (χ4n) is 2.31. The maximum Gasteiger partial charge on any atom is 0.245 e. The highest BCUT2D eigenvalue weighted by Gasteiger charge is 2.20. The quantitative estimate of drug-likeness (QED) is 0.895. The first-order valence-corrected chi connectivity index (χ1v) is 7.25. The number of nitrogens with zero attached hydrogens (tertiary/aromatic N) is 3. The molecular weight excluding hydrogens is 297 g/mol. The Morgan fingerprint density at radius 1 is 1.35 bits per heavy atom. The molecule has 0 spiro atoms. The molecule has 0 aliphatic carbocycles. The fraction of sp³-hybridized carbons (Fsp3) is 0.385. The lowest BCUT2D eigenvalue weighted by Gasteiger charge is -2.30. The smallest absolute Gasteiger partial charge is 0.245 e. The first kappa shape index (κ1) is 13.7. The molecule has 1 aromatic heterocycles. The summed E-state index contributed by atoms with van der Waals surface area (Å²) >= 11 is 12.1. The summed E-state index contributed by atoms with van der Waals surface area (Å²) in [6.45, 7) is 4.88. The van der Waals surface area contributed by atoms with Gasteiger partial charge in [-0.1, -0.05) is 23.2 Å². The maximum atomic E-state index is 6.19. The van der Waals surface area contributed by atoms with Crippen LogP contribution in [0.4, 0.5) is 5.95 Å². The number of rotatable bonds is 2. The number of hydrogen-bond donors (Lipinski definition) is 2. The molecular formula is C13H15Cl2N5. The van der Waals surface area contributed by atoms with Crippen LogP contribution in [0.25, 0.3) is 11.4 Å². The molecule has 1 fully saturated rings. The molecule has 0 unspecified atom stereocenters. The van der Waals surface area contributed by atoms with Gasteiger partial charge >= 0.3 is 0 Å². The number of aromatic nitrogens is 3. The number of H-pyrrole nitrogens is 1. The van der Waals surface area contributed by atoms with Crippen molar-refractivity contribution in [3.05, 3.63) is 28.2 Å². The van der Waals surface area contributed by atoms with Gasteiger partial charge < -0.3 is 10.2 Å². The van der Waals surface area contributed by atoms with Gasteiger partial charge in [0.05, 0.1) is 5.02 Å². The molecule has 1 aliphatic rings. The molecule has 2 aromatic rings. The van der Waals surface area contributed by atoms with Gasteiger partial charge in [0, 0.05) is 36.3 Å². The average molecular weight is 312 g/mol. The van der Waals surface area contributed by atoms with E-state index in [1.807, 2.05) is 6.07 Å². The third-order valence-electron chi connectivity index (χ3n) is 3.31. The molecule has 2 heterocycles. The molecule has 0 bridgehead atoms. The molecule has 1 atom stereocenters. The van der Waals surface area contributed by atoms with Crippen LogP contribution < -0.4 is 10.2 Å². The minimum atomic E-state index is 0.435. The van der Waals surface area contributed by atoms with Gasteiger partial charge in [-0.3, -0.25) is 5.10 Å². The summed E-state index contributed by atoms with van der Waals surface area (Å²) in [7, 11) is 0. The van der Waals surface area contributed by atoms with E-state index in [1.54, 1.807) is 12.1 Å². The molecule has 0 saturated carbocycles. The van der Waals surface area contributed by atoms with Crippen molar-refractivity contribution < 1.29 is 0 Å². The van der Waals surface area contributed by atoms with E-state index in [2.05, 4.69) is 32.3 Å². The van der Waals surface area contributed by atoms with Crippen LogP contribution in [0.5, 0.6) is 0 Å². The predicted molar refractivity (Wildman–Crippen MR) is 81.5 cm³/mol. The summed E-state index contributed by atoms with van der Waals surface area (Å²) in [5.74, 6) is 1.37. The minimum Gasteiger partial charge on any atom is -0.337 e. The van der Waals surface area contributed by atoms with Crippen LogP contribution in [0, 0.1) is 0 Å². The highest BCUT2D eigenvalue weighted by molar-refractivity contribution is 6.36. The fourth-order valence-corrected chi connectivity index (χ4v) is 2.81. The summed E-state index contributed by atoms with van der Waals surface area (Å²) in [6.07, 6.45) is 0. The second-order valence-electron chi connectivity index (χ2n) is 4.91. The number of hydrogen-bond acceptors (Lipinski definition) is 4. The summed E-state index contributed by atoms with van der Waals surface area (Å²) < 4.78 is 0. The maximum absolute atomic E-state index is 6.19. The monoisotopic (exact) mass is 311 g/mol. The van der Waals surface area contributed by atoms with Crippen molar-refractivity contribution in [3.63, 3.8) is 0 Å². The first-order chi connectivity index (χ1) is 9.63. The Morgan fingerprint density at radius 2 is 2.20 bits per heavy atom. The summed E-state index contributed by atoms with van der Waals surface area (Å²) in [5, 5.41) is 11.8. The van der Waals surface area contributed by atoms with Gasteiger partial charge in [0.1, 0.15) is 0 Å². The molecule has 5 nitrogen and oxygen atoms in total. The summed E-state index contributed by atoms with van der Waals surface area (Å²) in [5.41, 5.74) is 0.804. The molecule has 1 aromatic carbocycles. The van der Waals surface area contributed by atoms with Gasteiger partial charge in [-0.15, -0.1) is 5.10 Å². The van der Waals surface area contributed by atoms with E-state index in [9.17, 15) is 0 Å². The predicted octanol–water partition coefficient (Wildman–Crippen LogP) is 2.58. The second-order valence-corrected chi connectivity index (χ2v) is 5.75. The van der Waals surface area contributed by atoms with E-state index in [1.165, 1.54) is 0 Å². The Hall–Kier alpha value is -1.30. The minimum absolute atomic E-state index is 0.435. The molecule has 2 N–H and O–H groups in total. The van der Waals surface area contributed by atoms with Crippen LogP contribution in [-0.4, -0.2) is 40.9 Å². The molecule has 20 heavy (non-hydrogen) atoms. The van der Waals surface area contributed by atoms with E-state index in [0.717, 1.165) is 25.2 Å². The zero-order valence-corrected chi connectivity index (χ0v) is 12.5. The molecule has 1 aliphatic heterocycles. The largest absolute Gasteiger partial charge is 0.337 e. The van der Waals surface area contributed by atoms with Crippen molar-refractivity contribution in [1.82, 2.24) is 20.5 Å². The van der Waals surface area contributed by atoms with Crippen molar-refractivity contribution >= 4 is 29.2 Å². The SMILES string of the molecule is C[C@H]1CN(c2n[nH]c(-c3ccc(Cl)cc3Cl)n2)CCN1. The lowest BCUT2D eigenvalue weighted by Crippen LogP contribution is -2.49. The number of halogens is 2. The van der Waals surface area contributed by atoms with E-state index >= 15 is 0 Å². The number of nitrogens with one attached hydrogen (secondary N) is 2. The van der Waals surface area contributed by atoms with Crippen LogP contribution in [0.3, 0.4) is 0 Å². The molecule has 7 heteroatoms. The third kappa shape index (κ3) is 2.75. The molecule has 106 valence electrons. The van der Waals surface area contributed by atoms with Crippen molar-refractivity contribution in [2.24, 2.45) is 0 Å². The molecule has 1 saturated heterocycles. The van der Waals surface area contributed by atoms with Gasteiger partial charge in [0.25, 0.3) is 0 Å². The standard InChI is InChI=1S/C13H15Cl2N5/c1-8-7-20(5-4-16-8)13-17-12(18-19-13)10-3-2-9(14)6-11(10)15/h2-3,6,8,16H,4-5,7H2,1H3,(H,17,18,19)/t8-/m0/s1. The Labute approximate surface area is 127 Å². The molecule has 3 rings (SSSR count). The van der Waals surface area contributed by atoms with Crippen LogP contribution in [0.15, 0.2) is 18.2 Å². The lowest BCUT2D eigenvalue weighted by atomic mass is 10.2. The van der Waals surface area contributed by atoms with Gasteiger partial charge in [0.2, 0.25) is 5.95 Å². The van der Waals surface area contributed by atoms with Crippen molar-refractivity contribution in [2.75, 3.05) is 24.5 Å². The van der Waals surface area contributed by atoms with E-state index in [0.29, 0.717) is 27.9 Å². The zero-order valence-electron chi connectivity index (χ0n) is 11.0. The van der Waals surface area contributed by atoms with E-state index in [-0.39, 0.29) is 0 Å². The van der Waals surface area contributed by atoms with Crippen molar-refractivity contribution in [3.8, 4) is 11.4 Å². The van der Waals surface area contributed by atoms with Crippen LogP contribution >= 0.6 is 23.2 Å². The third-order valence-corrected chi connectivity index (χ3v) is 3.86. The van der Waals surface area contributed by atoms with Gasteiger partial charge in [0.15, 0.2) is 5.82 Å². The first-order valence-electron chi connectivity index (χ1n) is 6.49. The van der Waals surface area contributed by atoms with Gasteiger partial charge in [-0.25, -0.2) is 0 Å². The van der Waals surface area contributed by atoms with E-state index in [4.69, 9.17) is 23.2 Å². The Morgan fingerprint density at radius 3 is 2.95 bits per heavy atom. The summed E-state index contributed by atoms with van der Waals surface area (Å²) in [4.78, 5) is 6.69. The van der Waals surface area contributed by atoms with E-state index < -0.39 is 0 Å². The number of benzene rings is 1. The van der Waals surface area contributed by atoms with Gasteiger partial charge in [-0.2, -0.15) is 4.98 Å². The number of piperazine rings is 1. The van der Waals surface area contributed by atoms with Crippen molar-refractivity contribution in [1.29, 1.82) is 0 Å². The molecule has 0 amide bonds. The van der Waals surface area contributed by atoms with Crippen LogP contribution in [0.1, 0.15) is 6.92 Å². The Balaban J connectivity index is 1.86. The zero-order chi connectivity index (χ0) is 14.1. The highest BCUT2D eigenvalue weighted by Crippen LogP contribution is 2.28. The van der Waals surface area contributed by atoms with Crippen LogP contribution in [0.2, 0.25) is 10.0 Å².